The minimum atomic E-state index is -0.772. The third-order valence-electron chi connectivity index (χ3n) is 4.28. The van der Waals surface area contributed by atoms with Crippen LogP contribution in [0.3, 0.4) is 0 Å². The second-order valence-corrected chi connectivity index (χ2v) is 5.86. The molecule has 1 aromatic carbocycles. The largest absolute Gasteiger partial charge is 0.298 e. The van der Waals surface area contributed by atoms with E-state index in [1.54, 1.807) is 0 Å². The number of aldehydes is 1. The molecule has 1 aliphatic heterocycles. The number of carbonyl (C=O) groups excluding carboxylic acids is 3. The summed E-state index contributed by atoms with van der Waals surface area (Å²) >= 11 is 5.74. The first-order chi connectivity index (χ1) is 10.0. The predicted octanol–water partition coefficient (Wildman–Crippen LogP) is 2.97. The highest BCUT2D eigenvalue weighted by Gasteiger charge is 2.49. The second-order valence-electron chi connectivity index (χ2n) is 5.45. The van der Waals surface area contributed by atoms with Crippen molar-refractivity contribution >= 4 is 35.4 Å². The van der Waals surface area contributed by atoms with Crippen molar-refractivity contribution in [2.45, 2.75) is 25.7 Å². The fraction of sp³-hybridized carbons (Fsp3) is 0.400. The van der Waals surface area contributed by atoms with Gasteiger partial charge in [0.15, 0.2) is 6.29 Å². The molecular formula is C15H13ClFNO3. The molecule has 2 aliphatic rings. The zero-order valence-corrected chi connectivity index (χ0v) is 11.9. The normalized spacial score (nSPS) is 25.1. The number of rotatable bonds is 2. The summed E-state index contributed by atoms with van der Waals surface area (Å²) in [6.45, 7) is 0. The van der Waals surface area contributed by atoms with E-state index >= 15 is 0 Å². The SMILES string of the molecule is O=Cc1cc(N2C(=O)C3CCCCC3C2=O)c(F)cc1Cl. The molecule has 0 spiro atoms. The predicted molar refractivity (Wildman–Crippen MR) is 74.7 cm³/mol. The monoisotopic (exact) mass is 309 g/mol. The fourth-order valence-electron chi connectivity index (χ4n) is 3.22. The van der Waals surface area contributed by atoms with Gasteiger partial charge in [-0.05, 0) is 25.0 Å². The van der Waals surface area contributed by atoms with E-state index in [-0.39, 0.29) is 39.9 Å². The summed E-state index contributed by atoms with van der Waals surface area (Å²) in [6, 6.07) is 2.13. The van der Waals surface area contributed by atoms with Crippen molar-refractivity contribution in [2.24, 2.45) is 11.8 Å². The lowest BCUT2D eigenvalue weighted by atomic mass is 9.81. The molecule has 1 aliphatic carbocycles. The third kappa shape index (κ3) is 2.16. The van der Waals surface area contributed by atoms with Crippen LogP contribution in [0.15, 0.2) is 12.1 Å². The molecule has 21 heavy (non-hydrogen) atoms. The molecule has 0 bridgehead atoms. The molecule has 4 nitrogen and oxygen atoms in total. The van der Waals surface area contributed by atoms with Crippen molar-refractivity contribution in [1.82, 2.24) is 0 Å². The lowest BCUT2D eigenvalue weighted by molar-refractivity contribution is -0.122. The van der Waals surface area contributed by atoms with Gasteiger partial charge in [-0.25, -0.2) is 9.29 Å². The zero-order valence-electron chi connectivity index (χ0n) is 11.1. The summed E-state index contributed by atoms with van der Waals surface area (Å²) in [5, 5.41) is -0.0391. The quantitative estimate of drug-likeness (QED) is 0.623. The van der Waals surface area contributed by atoms with Gasteiger partial charge in [0.1, 0.15) is 5.82 Å². The number of anilines is 1. The minimum absolute atomic E-state index is 0.0391. The number of fused-ring (bicyclic) bond motifs is 1. The van der Waals surface area contributed by atoms with Gasteiger partial charge < -0.3 is 0 Å². The van der Waals surface area contributed by atoms with E-state index in [0.29, 0.717) is 19.1 Å². The molecule has 0 N–H and O–H groups in total. The maximum Gasteiger partial charge on any atom is 0.237 e. The summed E-state index contributed by atoms with van der Waals surface area (Å²) in [4.78, 5) is 36.6. The summed E-state index contributed by atoms with van der Waals surface area (Å²) in [5.41, 5.74) is -0.116. The molecule has 2 unspecified atom stereocenters. The Morgan fingerprint density at radius 2 is 1.71 bits per heavy atom. The minimum Gasteiger partial charge on any atom is -0.298 e. The van der Waals surface area contributed by atoms with Crippen LogP contribution in [-0.2, 0) is 9.59 Å². The Labute approximate surface area is 125 Å². The number of carbonyl (C=O) groups is 3. The van der Waals surface area contributed by atoms with Crippen molar-refractivity contribution in [1.29, 1.82) is 0 Å². The molecule has 2 fully saturated rings. The molecule has 2 amide bonds. The Bertz CT molecular complexity index is 622. The molecule has 110 valence electrons. The van der Waals surface area contributed by atoms with E-state index in [1.807, 2.05) is 0 Å². The fourth-order valence-corrected chi connectivity index (χ4v) is 3.41. The van der Waals surface area contributed by atoms with Gasteiger partial charge in [-0.1, -0.05) is 24.4 Å². The summed E-state index contributed by atoms with van der Waals surface area (Å²) in [7, 11) is 0. The van der Waals surface area contributed by atoms with Crippen LogP contribution >= 0.6 is 11.6 Å². The van der Waals surface area contributed by atoms with E-state index in [4.69, 9.17) is 11.6 Å². The zero-order chi connectivity index (χ0) is 15.1. The van der Waals surface area contributed by atoms with Crippen LogP contribution in [-0.4, -0.2) is 18.1 Å². The number of nitrogens with zero attached hydrogens (tertiary/aromatic N) is 1. The highest BCUT2D eigenvalue weighted by Crippen LogP contribution is 2.41. The van der Waals surface area contributed by atoms with Crippen LogP contribution in [0.5, 0.6) is 0 Å². The number of amides is 2. The number of hydrogen-bond acceptors (Lipinski definition) is 3. The van der Waals surface area contributed by atoms with Crippen molar-refractivity contribution in [3.05, 3.63) is 28.5 Å². The first-order valence-corrected chi connectivity index (χ1v) is 7.24. The molecule has 1 aromatic rings. The molecule has 0 aromatic heterocycles. The van der Waals surface area contributed by atoms with Crippen LogP contribution in [0.2, 0.25) is 5.02 Å². The van der Waals surface area contributed by atoms with Crippen LogP contribution < -0.4 is 4.90 Å². The van der Waals surface area contributed by atoms with Crippen molar-refractivity contribution in [2.75, 3.05) is 4.90 Å². The maximum absolute atomic E-state index is 14.1. The number of imide groups is 1. The van der Waals surface area contributed by atoms with E-state index in [2.05, 4.69) is 0 Å². The van der Waals surface area contributed by atoms with E-state index in [1.165, 1.54) is 0 Å². The van der Waals surface area contributed by atoms with Gasteiger partial charge >= 0.3 is 0 Å². The highest BCUT2D eigenvalue weighted by atomic mass is 35.5. The lowest BCUT2D eigenvalue weighted by Gasteiger charge is -2.19. The van der Waals surface area contributed by atoms with Gasteiger partial charge in [-0.3, -0.25) is 14.4 Å². The summed E-state index contributed by atoms with van der Waals surface area (Å²) in [5.74, 6) is -2.24. The Kier molecular flexibility index (Phi) is 3.53. The molecule has 1 saturated heterocycles. The van der Waals surface area contributed by atoms with Gasteiger partial charge in [-0.2, -0.15) is 0 Å². The molecular weight excluding hydrogens is 297 g/mol. The number of hydrogen-bond donors (Lipinski definition) is 0. The number of halogens is 2. The van der Waals surface area contributed by atoms with Crippen molar-refractivity contribution in [3.63, 3.8) is 0 Å². The number of benzene rings is 1. The van der Waals surface area contributed by atoms with Crippen LogP contribution in [0, 0.1) is 17.7 Å². The Morgan fingerprint density at radius 3 is 2.24 bits per heavy atom. The summed E-state index contributed by atoms with van der Waals surface area (Å²) in [6.07, 6.45) is 3.58. The smallest absolute Gasteiger partial charge is 0.237 e. The van der Waals surface area contributed by atoms with Gasteiger partial charge in [0.25, 0.3) is 0 Å². The van der Waals surface area contributed by atoms with Gasteiger partial charge in [-0.15, -0.1) is 0 Å². The lowest BCUT2D eigenvalue weighted by Crippen LogP contribution is -2.31. The molecule has 1 heterocycles. The van der Waals surface area contributed by atoms with Crippen molar-refractivity contribution in [3.8, 4) is 0 Å². The molecule has 0 radical (unpaired) electrons. The first kappa shape index (κ1) is 14.2. The van der Waals surface area contributed by atoms with E-state index in [0.717, 1.165) is 29.9 Å². The molecule has 1 saturated carbocycles. The average molecular weight is 310 g/mol. The Morgan fingerprint density at radius 1 is 1.14 bits per heavy atom. The van der Waals surface area contributed by atoms with Gasteiger partial charge in [0.2, 0.25) is 11.8 Å². The van der Waals surface area contributed by atoms with Gasteiger partial charge in [0, 0.05) is 5.56 Å². The van der Waals surface area contributed by atoms with Crippen molar-refractivity contribution < 1.29 is 18.8 Å². The Hall–Kier alpha value is -1.75. The maximum atomic E-state index is 14.1. The Balaban J connectivity index is 2.06. The first-order valence-electron chi connectivity index (χ1n) is 6.86. The molecule has 3 rings (SSSR count). The molecule has 2 atom stereocenters. The van der Waals surface area contributed by atoms with Crippen LogP contribution in [0.1, 0.15) is 36.0 Å². The van der Waals surface area contributed by atoms with Crippen LogP contribution in [0.25, 0.3) is 0 Å². The third-order valence-corrected chi connectivity index (χ3v) is 4.60. The van der Waals surface area contributed by atoms with E-state index in [9.17, 15) is 18.8 Å². The second kappa shape index (κ2) is 5.22. The average Bonchev–Trinajstić information content (AvgIpc) is 2.72. The molecule has 6 heteroatoms. The standard InChI is InChI=1S/C15H13ClFNO3/c16-11-6-12(17)13(5-8(11)7-19)18-14(20)9-3-1-2-4-10(9)15(18)21/h5-7,9-10H,1-4H2. The summed E-state index contributed by atoms with van der Waals surface area (Å²) < 4.78 is 14.1. The highest BCUT2D eigenvalue weighted by molar-refractivity contribution is 6.33. The van der Waals surface area contributed by atoms with Gasteiger partial charge in [0.05, 0.1) is 22.5 Å². The topological polar surface area (TPSA) is 54.5 Å². The van der Waals surface area contributed by atoms with Crippen LogP contribution in [0.4, 0.5) is 10.1 Å². The van der Waals surface area contributed by atoms with E-state index < -0.39 is 5.82 Å².